The van der Waals surface area contributed by atoms with Crippen LogP contribution in [0.4, 0.5) is 13.2 Å². The highest BCUT2D eigenvalue weighted by atomic mass is 32.2. The quantitative estimate of drug-likeness (QED) is 0.238. The maximum atomic E-state index is 10.7. The topological polar surface area (TPSA) is 90.2 Å². The molecule has 0 aliphatic rings. The van der Waals surface area contributed by atoms with Crippen molar-refractivity contribution >= 4 is 10.1 Å². The number of methoxy groups -OCH3 is 1. The van der Waals surface area contributed by atoms with Gasteiger partial charge in [0.05, 0.1) is 13.2 Å². The highest BCUT2D eigenvalue weighted by Gasteiger charge is 2.36. The van der Waals surface area contributed by atoms with Crippen LogP contribution in [0, 0.1) is 17.9 Å². The summed E-state index contributed by atoms with van der Waals surface area (Å²) in [6.45, 7) is 1.88. The van der Waals surface area contributed by atoms with Gasteiger partial charge >= 0.3 is 5.51 Å². The normalized spacial score (nSPS) is 11.3. The van der Waals surface area contributed by atoms with Crippen molar-refractivity contribution in [2.75, 3.05) is 7.11 Å². The van der Waals surface area contributed by atoms with E-state index in [1.165, 1.54) is 44.9 Å². The van der Waals surface area contributed by atoms with Crippen LogP contribution in [0.2, 0.25) is 0 Å². The molecule has 0 radical (unpaired) electrons. The summed E-state index contributed by atoms with van der Waals surface area (Å²) in [4.78, 5) is 0. The molecule has 5 nitrogen and oxygen atoms in total. The summed E-state index contributed by atoms with van der Waals surface area (Å²) in [7, 11) is -4.38. The summed E-state index contributed by atoms with van der Waals surface area (Å²) in [5.41, 5.74) is -5.65. The van der Waals surface area contributed by atoms with Crippen LogP contribution in [0.25, 0.3) is 0 Å². The van der Waals surface area contributed by atoms with E-state index < -0.39 is 15.6 Å². The average molecular weight is 359 g/mol. The van der Waals surface area contributed by atoms with Crippen LogP contribution >= 0.6 is 0 Å². The minimum absolute atomic E-state index is 0.729. The molecule has 0 aliphatic heterocycles. The standard InChI is InChI=1S/C13H24NO.CHF3O3S/c1-15-13-11-9-7-5-3-2-4-6-8-10-12-14;2-1(3,4)8(5,6)7/h13H,2-11H2,1H3;(H,5,6,7)/q+1;/p-1. The third-order valence-corrected chi connectivity index (χ3v) is 3.38. The highest BCUT2D eigenvalue weighted by molar-refractivity contribution is 7.86. The third kappa shape index (κ3) is 19.0. The van der Waals surface area contributed by atoms with Gasteiger partial charge in [-0.15, -0.1) is 0 Å². The fourth-order valence-electron chi connectivity index (χ4n) is 1.61. The average Bonchev–Trinajstić information content (AvgIpc) is 2.43. The smallest absolute Gasteiger partial charge is 0.485 e. The third-order valence-electron chi connectivity index (χ3n) is 2.81. The fraction of sp³-hybridized carbons (Fsp3) is 0.857. The van der Waals surface area contributed by atoms with Crippen molar-refractivity contribution in [3.8, 4) is 6.07 Å². The van der Waals surface area contributed by atoms with Gasteiger partial charge in [-0.2, -0.15) is 23.2 Å². The van der Waals surface area contributed by atoms with E-state index >= 15 is 0 Å². The molecule has 0 aromatic carbocycles. The number of hydrogen-bond donors (Lipinski definition) is 0. The molecule has 0 bridgehead atoms. The number of hydrogen-bond acceptors (Lipinski definition) is 5. The molecule has 0 amide bonds. The van der Waals surface area contributed by atoms with Crippen LogP contribution in [-0.2, 0) is 14.9 Å². The van der Waals surface area contributed by atoms with Crippen LogP contribution in [0.1, 0.15) is 64.2 Å². The van der Waals surface area contributed by atoms with Crippen molar-refractivity contribution in [3.05, 3.63) is 6.61 Å². The molecule has 0 saturated heterocycles. The van der Waals surface area contributed by atoms with Gasteiger partial charge in [0, 0.05) is 6.42 Å². The van der Waals surface area contributed by atoms with E-state index in [2.05, 4.69) is 6.07 Å². The number of unbranched alkanes of at least 4 members (excludes halogenated alkanes) is 9. The van der Waals surface area contributed by atoms with Gasteiger partial charge < -0.3 is 4.55 Å². The Bertz CT molecular complexity index is 405. The van der Waals surface area contributed by atoms with Crippen LogP contribution < -0.4 is 0 Å². The number of nitrogens with zero attached hydrogens (tertiary/aromatic N) is 1. The highest BCUT2D eigenvalue weighted by Crippen LogP contribution is 2.20. The summed E-state index contributed by atoms with van der Waals surface area (Å²) < 4.78 is 63.8. The summed E-state index contributed by atoms with van der Waals surface area (Å²) in [6.07, 6.45) is 12.0. The minimum atomic E-state index is -6.09. The zero-order valence-electron chi connectivity index (χ0n) is 13.3. The van der Waals surface area contributed by atoms with E-state index in [4.69, 9.17) is 23.0 Å². The minimum Gasteiger partial charge on any atom is -0.741 e. The van der Waals surface area contributed by atoms with Gasteiger partial charge in [-0.05, 0) is 19.3 Å². The van der Waals surface area contributed by atoms with Crippen molar-refractivity contribution in [2.45, 2.75) is 69.7 Å². The molecule has 0 aliphatic carbocycles. The predicted molar refractivity (Wildman–Crippen MR) is 78.8 cm³/mol. The van der Waals surface area contributed by atoms with E-state index in [9.17, 15) is 13.2 Å². The Hall–Kier alpha value is -0.980. The summed E-state index contributed by atoms with van der Waals surface area (Å²) in [5, 5.41) is 8.35. The molecular weight excluding hydrogens is 335 g/mol. The van der Waals surface area contributed by atoms with Crippen molar-refractivity contribution in [2.24, 2.45) is 0 Å². The largest absolute Gasteiger partial charge is 0.741 e. The van der Waals surface area contributed by atoms with E-state index in [0.29, 0.717) is 0 Å². The first-order valence-corrected chi connectivity index (χ1v) is 8.81. The monoisotopic (exact) mass is 359 g/mol. The van der Waals surface area contributed by atoms with Crippen molar-refractivity contribution < 1.29 is 30.9 Å². The molecule has 0 heterocycles. The molecule has 0 fully saturated rings. The number of rotatable bonds is 11. The van der Waals surface area contributed by atoms with Gasteiger partial charge in [0.1, 0.15) is 6.42 Å². The van der Waals surface area contributed by atoms with E-state index in [-0.39, 0.29) is 0 Å². The lowest BCUT2D eigenvalue weighted by atomic mass is 10.1. The molecule has 0 spiro atoms. The van der Waals surface area contributed by atoms with Gasteiger partial charge in [0.15, 0.2) is 10.1 Å². The second-order valence-corrected chi connectivity index (χ2v) is 6.20. The van der Waals surface area contributed by atoms with Gasteiger partial charge in [-0.25, -0.2) is 8.42 Å². The maximum Gasteiger partial charge on any atom is 0.485 e. The molecule has 0 aromatic heterocycles. The first-order chi connectivity index (χ1) is 10.7. The summed E-state index contributed by atoms with van der Waals surface area (Å²) in [6, 6.07) is 2.18. The molecule has 0 N–H and O–H groups in total. The lowest BCUT2D eigenvalue weighted by Gasteiger charge is -2.08. The Morgan fingerprint density at radius 3 is 1.78 bits per heavy atom. The van der Waals surface area contributed by atoms with E-state index in [1.807, 2.05) is 6.61 Å². The number of halogens is 3. The van der Waals surface area contributed by atoms with Crippen LogP contribution in [0.15, 0.2) is 0 Å². The lowest BCUT2D eigenvalue weighted by Crippen LogP contribution is -2.21. The van der Waals surface area contributed by atoms with Gasteiger partial charge in [-0.1, -0.05) is 32.1 Å². The summed E-state index contributed by atoms with van der Waals surface area (Å²) in [5.74, 6) is 0. The second kappa shape index (κ2) is 14.6. The predicted octanol–water partition coefficient (Wildman–Crippen LogP) is 4.27. The molecule has 0 atom stereocenters. The molecule has 9 heteroatoms. The molecule has 0 aromatic rings. The molecular formula is C14H24F3NO4S. The number of nitriles is 1. The Morgan fingerprint density at radius 1 is 1.04 bits per heavy atom. The van der Waals surface area contributed by atoms with E-state index in [1.54, 1.807) is 7.11 Å². The molecule has 0 saturated carbocycles. The van der Waals surface area contributed by atoms with Crippen LogP contribution in [0.5, 0.6) is 0 Å². The zero-order chi connectivity index (χ0) is 18.2. The van der Waals surface area contributed by atoms with Crippen molar-refractivity contribution in [1.82, 2.24) is 0 Å². The number of alkyl halides is 3. The first-order valence-electron chi connectivity index (χ1n) is 7.40. The lowest BCUT2D eigenvalue weighted by molar-refractivity contribution is -0.0517. The molecule has 0 unspecified atom stereocenters. The molecule has 0 rings (SSSR count). The van der Waals surface area contributed by atoms with Crippen molar-refractivity contribution in [3.63, 3.8) is 0 Å². The maximum absolute atomic E-state index is 10.7. The Balaban J connectivity index is 0. The number of ether oxygens (including phenoxy) is 1. The van der Waals surface area contributed by atoms with E-state index in [0.717, 1.165) is 19.3 Å². The Labute approximate surface area is 136 Å². The summed E-state index contributed by atoms with van der Waals surface area (Å²) >= 11 is 0. The van der Waals surface area contributed by atoms with Crippen LogP contribution in [0.3, 0.4) is 0 Å². The van der Waals surface area contributed by atoms with Gasteiger partial charge in [-0.3, -0.25) is 0 Å². The van der Waals surface area contributed by atoms with Crippen LogP contribution in [-0.4, -0.2) is 25.6 Å². The fourth-order valence-corrected chi connectivity index (χ4v) is 1.61. The Kier molecular flexibility index (Phi) is 15.4. The van der Waals surface area contributed by atoms with Gasteiger partial charge in [0.2, 0.25) is 6.61 Å². The zero-order valence-corrected chi connectivity index (χ0v) is 14.1. The second-order valence-electron chi connectivity index (χ2n) is 4.83. The van der Waals surface area contributed by atoms with Gasteiger partial charge in [0.25, 0.3) is 0 Å². The van der Waals surface area contributed by atoms with Crippen molar-refractivity contribution in [1.29, 1.82) is 5.26 Å². The SMILES string of the molecule is CO[CH+]CCCCCCCCCCC#N.O=S(=O)([O-])C(F)(F)F. The molecule has 23 heavy (non-hydrogen) atoms. The first kappa shape index (κ1) is 24.3. The molecule has 136 valence electrons. The Morgan fingerprint density at radius 2 is 1.43 bits per heavy atom.